The first-order valence-corrected chi connectivity index (χ1v) is 8.69. The summed E-state index contributed by atoms with van der Waals surface area (Å²) in [6.45, 7) is 0.392. The lowest BCUT2D eigenvalue weighted by Crippen LogP contribution is -2.36. The van der Waals surface area contributed by atoms with Crippen molar-refractivity contribution < 1.29 is 14.0 Å². The molecule has 1 N–H and O–H groups in total. The van der Waals surface area contributed by atoms with Gasteiger partial charge in [-0.2, -0.15) is 0 Å². The second-order valence-corrected chi connectivity index (χ2v) is 6.74. The highest BCUT2D eigenvalue weighted by atomic mass is 19.1. The molecule has 0 fully saturated rings. The Morgan fingerprint density at radius 3 is 3.00 bits per heavy atom. The number of nitrogens with zero attached hydrogens (tertiary/aromatic N) is 2. The van der Waals surface area contributed by atoms with E-state index in [1.807, 2.05) is 24.3 Å². The summed E-state index contributed by atoms with van der Waals surface area (Å²) in [5.41, 5.74) is 2.01. The topological polar surface area (TPSA) is 62.3 Å². The summed E-state index contributed by atoms with van der Waals surface area (Å²) in [4.78, 5) is 30.8. The third-order valence-electron chi connectivity index (χ3n) is 4.91. The van der Waals surface area contributed by atoms with E-state index < -0.39 is 11.7 Å². The zero-order valence-corrected chi connectivity index (χ0v) is 14.8. The number of carbonyl (C=O) groups excluding carboxylic acids is 2. The van der Waals surface area contributed by atoms with E-state index in [0.29, 0.717) is 17.8 Å². The Hall–Kier alpha value is -3.28. The first-order valence-electron chi connectivity index (χ1n) is 8.69. The molecule has 136 valence electrons. The highest BCUT2D eigenvalue weighted by Crippen LogP contribution is 2.34. The van der Waals surface area contributed by atoms with Crippen molar-refractivity contribution in [1.82, 2.24) is 9.88 Å². The highest BCUT2D eigenvalue weighted by molar-refractivity contribution is 6.01. The van der Waals surface area contributed by atoms with Gasteiger partial charge in [0.05, 0.1) is 5.92 Å². The summed E-state index contributed by atoms with van der Waals surface area (Å²) in [5.74, 6) is -1.56. The molecule has 0 aliphatic carbocycles. The smallest absolute Gasteiger partial charge is 0.230 e. The molecule has 6 heteroatoms. The zero-order chi connectivity index (χ0) is 19.0. The van der Waals surface area contributed by atoms with Gasteiger partial charge >= 0.3 is 0 Å². The predicted molar refractivity (Wildman–Crippen MR) is 101 cm³/mol. The third kappa shape index (κ3) is 3.26. The van der Waals surface area contributed by atoms with Crippen LogP contribution in [0.5, 0.6) is 0 Å². The number of pyridine rings is 1. The Labute approximate surface area is 155 Å². The molecule has 1 aliphatic heterocycles. The van der Waals surface area contributed by atoms with Crippen LogP contribution in [-0.4, -0.2) is 28.7 Å². The number of fused-ring (bicyclic) bond motifs is 2. The number of amides is 2. The number of likely N-dealkylation sites (N-methyl/N-ethyl adjacent to an activating group) is 1. The SMILES string of the molecule is CN(Cc1cccc2cnccc12)C(=O)[C@@H]1CC(=O)Nc2ccc(F)cc21. The second-order valence-electron chi connectivity index (χ2n) is 6.74. The van der Waals surface area contributed by atoms with E-state index in [4.69, 9.17) is 0 Å². The summed E-state index contributed by atoms with van der Waals surface area (Å²) in [5, 5.41) is 4.73. The molecule has 27 heavy (non-hydrogen) atoms. The van der Waals surface area contributed by atoms with Crippen molar-refractivity contribution in [2.24, 2.45) is 0 Å². The van der Waals surface area contributed by atoms with E-state index in [0.717, 1.165) is 16.3 Å². The number of halogens is 1. The van der Waals surface area contributed by atoms with Crippen LogP contribution in [-0.2, 0) is 16.1 Å². The molecule has 0 saturated carbocycles. The Morgan fingerprint density at radius 1 is 1.30 bits per heavy atom. The maximum Gasteiger partial charge on any atom is 0.230 e. The number of hydrogen-bond donors (Lipinski definition) is 1. The van der Waals surface area contributed by atoms with Crippen molar-refractivity contribution in [2.75, 3.05) is 12.4 Å². The Balaban J connectivity index is 1.63. The predicted octanol–water partition coefficient (Wildman–Crippen LogP) is 3.46. The van der Waals surface area contributed by atoms with Crippen molar-refractivity contribution in [3.8, 4) is 0 Å². The molecule has 0 unspecified atom stereocenters. The fourth-order valence-electron chi connectivity index (χ4n) is 3.58. The van der Waals surface area contributed by atoms with Crippen LogP contribution in [0.3, 0.4) is 0 Å². The van der Waals surface area contributed by atoms with Gasteiger partial charge in [0.25, 0.3) is 0 Å². The van der Waals surface area contributed by atoms with Gasteiger partial charge in [0.15, 0.2) is 0 Å². The number of aromatic nitrogens is 1. The Kier molecular flexibility index (Phi) is 4.32. The molecule has 4 rings (SSSR count). The minimum absolute atomic E-state index is 0.0130. The summed E-state index contributed by atoms with van der Waals surface area (Å²) in [6, 6.07) is 11.9. The van der Waals surface area contributed by atoms with Gasteiger partial charge < -0.3 is 10.2 Å². The summed E-state index contributed by atoms with van der Waals surface area (Å²) in [7, 11) is 1.70. The zero-order valence-electron chi connectivity index (χ0n) is 14.8. The van der Waals surface area contributed by atoms with Crippen LogP contribution in [0.25, 0.3) is 10.8 Å². The molecule has 1 aliphatic rings. The lowest BCUT2D eigenvalue weighted by atomic mass is 9.89. The van der Waals surface area contributed by atoms with Crippen molar-refractivity contribution >= 4 is 28.3 Å². The van der Waals surface area contributed by atoms with Crippen LogP contribution in [0.15, 0.2) is 54.9 Å². The minimum atomic E-state index is -0.689. The maximum absolute atomic E-state index is 13.7. The largest absolute Gasteiger partial charge is 0.341 e. The molecule has 5 nitrogen and oxygen atoms in total. The number of anilines is 1. The van der Waals surface area contributed by atoms with E-state index in [9.17, 15) is 14.0 Å². The van der Waals surface area contributed by atoms with Gasteiger partial charge in [-0.05, 0) is 40.8 Å². The molecule has 3 aromatic rings. The first-order chi connectivity index (χ1) is 13.0. The summed E-state index contributed by atoms with van der Waals surface area (Å²) < 4.78 is 13.7. The van der Waals surface area contributed by atoms with E-state index in [1.54, 1.807) is 24.3 Å². The van der Waals surface area contributed by atoms with Crippen LogP contribution in [0.1, 0.15) is 23.5 Å². The van der Waals surface area contributed by atoms with Crippen LogP contribution in [0.2, 0.25) is 0 Å². The quantitative estimate of drug-likeness (QED) is 0.775. The summed E-state index contributed by atoms with van der Waals surface area (Å²) in [6.07, 6.45) is 3.52. The molecule has 0 radical (unpaired) electrons. The van der Waals surface area contributed by atoms with E-state index in [-0.39, 0.29) is 18.2 Å². The number of carbonyl (C=O) groups is 2. The first kappa shape index (κ1) is 17.1. The van der Waals surface area contributed by atoms with Gasteiger partial charge in [0.2, 0.25) is 11.8 Å². The molecule has 2 aromatic carbocycles. The van der Waals surface area contributed by atoms with E-state index >= 15 is 0 Å². The van der Waals surface area contributed by atoms with Crippen LogP contribution >= 0.6 is 0 Å². The standard InChI is InChI=1S/C21H18FN3O2/c1-25(12-14-4-2-3-13-11-23-8-7-16(13)14)21(27)18-10-20(26)24-19-6-5-15(22)9-17(18)19/h2-9,11,18H,10,12H2,1H3,(H,24,26)/t18-/m1/s1. The van der Waals surface area contributed by atoms with Gasteiger partial charge in [0.1, 0.15) is 5.82 Å². The molecule has 0 spiro atoms. The van der Waals surface area contributed by atoms with Gasteiger partial charge in [-0.15, -0.1) is 0 Å². The lowest BCUT2D eigenvalue weighted by Gasteiger charge is -2.29. The maximum atomic E-state index is 13.7. The van der Waals surface area contributed by atoms with Gasteiger partial charge in [0, 0.05) is 43.5 Å². The lowest BCUT2D eigenvalue weighted by molar-refractivity contribution is -0.134. The number of benzene rings is 2. The number of hydrogen-bond acceptors (Lipinski definition) is 3. The average Bonchev–Trinajstić information content (AvgIpc) is 2.67. The van der Waals surface area contributed by atoms with Crippen molar-refractivity contribution in [1.29, 1.82) is 0 Å². The number of nitrogens with one attached hydrogen (secondary N) is 1. The highest BCUT2D eigenvalue weighted by Gasteiger charge is 2.32. The summed E-state index contributed by atoms with van der Waals surface area (Å²) >= 11 is 0. The number of rotatable bonds is 3. The molecule has 2 amide bonds. The fraction of sp³-hybridized carbons (Fsp3) is 0.190. The van der Waals surface area contributed by atoms with E-state index in [2.05, 4.69) is 10.3 Å². The fourth-order valence-corrected chi connectivity index (χ4v) is 3.58. The molecule has 1 atom stereocenters. The molecular weight excluding hydrogens is 345 g/mol. The monoisotopic (exact) mass is 363 g/mol. The van der Waals surface area contributed by atoms with Crippen LogP contribution in [0, 0.1) is 5.82 Å². The second kappa shape index (κ2) is 6.79. The molecule has 1 aromatic heterocycles. The minimum Gasteiger partial charge on any atom is -0.341 e. The normalized spacial score (nSPS) is 15.9. The van der Waals surface area contributed by atoms with Crippen LogP contribution in [0.4, 0.5) is 10.1 Å². The molecule has 2 heterocycles. The van der Waals surface area contributed by atoms with E-state index in [1.165, 1.54) is 18.2 Å². The van der Waals surface area contributed by atoms with Gasteiger partial charge in [-0.3, -0.25) is 14.6 Å². The Morgan fingerprint density at radius 2 is 2.15 bits per heavy atom. The Bertz CT molecular complexity index is 1050. The van der Waals surface area contributed by atoms with Crippen molar-refractivity contribution in [3.63, 3.8) is 0 Å². The van der Waals surface area contributed by atoms with Crippen LogP contribution < -0.4 is 5.32 Å². The molecular formula is C21H18FN3O2. The van der Waals surface area contributed by atoms with Crippen molar-refractivity contribution in [3.05, 3.63) is 71.8 Å². The van der Waals surface area contributed by atoms with Gasteiger partial charge in [-0.1, -0.05) is 18.2 Å². The van der Waals surface area contributed by atoms with Gasteiger partial charge in [-0.25, -0.2) is 4.39 Å². The van der Waals surface area contributed by atoms with Crippen molar-refractivity contribution in [2.45, 2.75) is 18.9 Å². The molecule has 0 saturated heterocycles. The third-order valence-corrected chi connectivity index (χ3v) is 4.91. The molecule has 0 bridgehead atoms. The average molecular weight is 363 g/mol.